The number of aryl methyl sites for hydroxylation is 1. The molecule has 0 spiro atoms. The first-order valence-electron chi connectivity index (χ1n) is 5.89. The molecule has 0 amide bonds. The molecule has 2 aromatic carbocycles. The standard InChI is InChI=1S/C15H17NOS/c1-12-6-2-3-7-13(12)10-18(17)11-14-8-4-5-9-15(14)16/h2-9H,10-11,16H2,1H3. The molecular weight excluding hydrogens is 242 g/mol. The van der Waals surface area contributed by atoms with Crippen molar-refractivity contribution in [1.29, 1.82) is 0 Å². The lowest BCUT2D eigenvalue weighted by atomic mass is 10.1. The van der Waals surface area contributed by atoms with Gasteiger partial charge in [-0.1, -0.05) is 42.5 Å². The third-order valence-corrected chi connectivity index (χ3v) is 4.22. The van der Waals surface area contributed by atoms with Crippen molar-refractivity contribution in [2.24, 2.45) is 0 Å². The summed E-state index contributed by atoms with van der Waals surface area (Å²) in [5.41, 5.74) is 9.87. The lowest BCUT2D eigenvalue weighted by Gasteiger charge is -2.07. The van der Waals surface area contributed by atoms with E-state index in [9.17, 15) is 4.21 Å². The van der Waals surface area contributed by atoms with Crippen LogP contribution in [-0.2, 0) is 22.3 Å². The largest absolute Gasteiger partial charge is 0.398 e. The fourth-order valence-corrected chi connectivity index (χ4v) is 3.22. The summed E-state index contributed by atoms with van der Waals surface area (Å²) in [7, 11) is -0.923. The quantitative estimate of drug-likeness (QED) is 0.858. The SMILES string of the molecule is Cc1ccccc1CS(=O)Cc1ccccc1N. The van der Waals surface area contributed by atoms with Gasteiger partial charge in [-0.25, -0.2) is 0 Å². The molecule has 3 heteroatoms. The molecule has 0 bridgehead atoms. The van der Waals surface area contributed by atoms with Crippen LogP contribution in [0.2, 0.25) is 0 Å². The van der Waals surface area contributed by atoms with Crippen molar-refractivity contribution in [2.75, 3.05) is 5.73 Å². The van der Waals surface area contributed by atoms with Crippen LogP contribution >= 0.6 is 0 Å². The van der Waals surface area contributed by atoms with Crippen LogP contribution in [-0.4, -0.2) is 4.21 Å². The number of hydrogen-bond donors (Lipinski definition) is 1. The van der Waals surface area contributed by atoms with E-state index < -0.39 is 10.8 Å². The van der Waals surface area contributed by atoms with Crippen molar-refractivity contribution in [3.63, 3.8) is 0 Å². The van der Waals surface area contributed by atoms with E-state index in [0.29, 0.717) is 11.5 Å². The molecule has 0 aromatic heterocycles. The molecule has 0 saturated heterocycles. The van der Waals surface area contributed by atoms with Crippen molar-refractivity contribution in [1.82, 2.24) is 0 Å². The van der Waals surface area contributed by atoms with E-state index >= 15 is 0 Å². The van der Waals surface area contributed by atoms with E-state index in [4.69, 9.17) is 5.73 Å². The van der Waals surface area contributed by atoms with Crippen molar-refractivity contribution >= 4 is 16.5 Å². The maximum Gasteiger partial charge on any atom is 0.0509 e. The first kappa shape index (κ1) is 12.8. The van der Waals surface area contributed by atoms with E-state index in [2.05, 4.69) is 0 Å². The van der Waals surface area contributed by atoms with Gasteiger partial charge in [-0.3, -0.25) is 4.21 Å². The van der Waals surface area contributed by atoms with Crippen LogP contribution in [0.3, 0.4) is 0 Å². The highest BCUT2D eigenvalue weighted by Crippen LogP contribution is 2.16. The van der Waals surface area contributed by atoms with Gasteiger partial charge >= 0.3 is 0 Å². The minimum absolute atomic E-state index is 0.515. The molecule has 2 rings (SSSR count). The third-order valence-electron chi connectivity index (χ3n) is 2.95. The highest BCUT2D eigenvalue weighted by atomic mass is 32.2. The van der Waals surface area contributed by atoms with Crippen molar-refractivity contribution < 1.29 is 4.21 Å². The first-order chi connectivity index (χ1) is 8.66. The summed E-state index contributed by atoms with van der Waals surface area (Å²) >= 11 is 0. The van der Waals surface area contributed by atoms with Gasteiger partial charge in [-0.05, 0) is 29.7 Å². The Hall–Kier alpha value is -1.61. The lowest BCUT2D eigenvalue weighted by Crippen LogP contribution is -2.03. The number of para-hydroxylation sites is 1. The van der Waals surface area contributed by atoms with Gasteiger partial charge in [0.2, 0.25) is 0 Å². The van der Waals surface area contributed by atoms with Gasteiger partial charge in [0.15, 0.2) is 0 Å². The predicted molar refractivity (Wildman–Crippen MR) is 77.6 cm³/mol. The minimum atomic E-state index is -0.923. The van der Waals surface area contributed by atoms with Crippen LogP contribution < -0.4 is 5.73 Å². The summed E-state index contributed by atoms with van der Waals surface area (Å²) in [6.45, 7) is 2.05. The van der Waals surface area contributed by atoms with Gasteiger partial charge in [0.05, 0.1) is 5.75 Å². The topological polar surface area (TPSA) is 43.1 Å². The van der Waals surface area contributed by atoms with E-state index in [1.807, 2.05) is 55.5 Å². The Morgan fingerprint density at radius 1 is 0.944 bits per heavy atom. The number of nitrogen functional groups attached to an aromatic ring is 1. The summed E-state index contributed by atoms with van der Waals surface area (Å²) in [5.74, 6) is 1.10. The number of hydrogen-bond acceptors (Lipinski definition) is 2. The zero-order chi connectivity index (χ0) is 13.0. The molecular formula is C15H17NOS. The Labute approximate surface area is 110 Å². The predicted octanol–water partition coefficient (Wildman–Crippen LogP) is 3.03. The van der Waals surface area contributed by atoms with Crippen molar-refractivity contribution in [3.8, 4) is 0 Å². The Bertz CT molecular complexity index is 516. The first-order valence-corrected chi connectivity index (χ1v) is 7.38. The summed E-state index contributed by atoms with van der Waals surface area (Å²) in [4.78, 5) is 0. The van der Waals surface area contributed by atoms with Gasteiger partial charge in [0.25, 0.3) is 0 Å². The van der Waals surface area contributed by atoms with Crippen LogP contribution in [0, 0.1) is 6.92 Å². The van der Waals surface area contributed by atoms with Crippen LogP contribution in [0.15, 0.2) is 48.5 Å². The number of nitrogens with two attached hydrogens (primary N) is 1. The fourth-order valence-electron chi connectivity index (χ4n) is 1.84. The van der Waals surface area contributed by atoms with Crippen molar-refractivity contribution in [2.45, 2.75) is 18.4 Å². The Kier molecular flexibility index (Phi) is 4.15. The fraction of sp³-hybridized carbons (Fsp3) is 0.200. The van der Waals surface area contributed by atoms with Crippen LogP contribution in [0.5, 0.6) is 0 Å². The molecule has 0 heterocycles. The lowest BCUT2D eigenvalue weighted by molar-refractivity contribution is 0.682. The van der Waals surface area contributed by atoms with Gasteiger partial charge in [-0.15, -0.1) is 0 Å². The summed E-state index contributed by atoms with van der Waals surface area (Å²) < 4.78 is 12.1. The monoisotopic (exact) mass is 259 g/mol. The van der Waals surface area contributed by atoms with Crippen molar-refractivity contribution in [3.05, 3.63) is 65.2 Å². The number of anilines is 1. The maximum absolute atomic E-state index is 12.1. The minimum Gasteiger partial charge on any atom is -0.398 e. The second kappa shape index (κ2) is 5.83. The molecule has 1 unspecified atom stereocenters. The zero-order valence-corrected chi connectivity index (χ0v) is 11.2. The molecule has 0 saturated carbocycles. The third kappa shape index (κ3) is 3.20. The van der Waals surface area contributed by atoms with Gasteiger partial charge in [-0.2, -0.15) is 0 Å². The molecule has 18 heavy (non-hydrogen) atoms. The van der Waals surface area contributed by atoms with Crippen LogP contribution in [0.4, 0.5) is 5.69 Å². The molecule has 0 radical (unpaired) electrons. The molecule has 2 nitrogen and oxygen atoms in total. The molecule has 94 valence electrons. The molecule has 0 aliphatic rings. The zero-order valence-electron chi connectivity index (χ0n) is 10.4. The second-order valence-corrected chi connectivity index (χ2v) is 5.81. The highest BCUT2D eigenvalue weighted by molar-refractivity contribution is 7.83. The van der Waals surface area contributed by atoms with E-state index in [-0.39, 0.29) is 0 Å². The van der Waals surface area contributed by atoms with Crippen LogP contribution in [0.25, 0.3) is 0 Å². The molecule has 0 fully saturated rings. The summed E-state index contributed by atoms with van der Waals surface area (Å²) in [5, 5.41) is 0. The molecule has 1 atom stereocenters. The number of rotatable bonds is 4. The van der Waals surface area contributed by atoms with E-state index in [1.165, 1.54) is 5.56 Å². The highest BCUT2D eigenvalue weighted by Gasteiger charge is 2.07. The second-order valence-electron chi connectivity index (χ2n) is 4.35. The Morgan fingerprint density at radius 3 is 2.17 bits per heavy atom. The smallest absolute Gasteiger partial charge is 0.0509 e. The summed E-state index contributed by atoms with van der Waals surface area (Å²) in [6, 6.07) is 15.7. The van der Waals surface area contributed by atoms with E-state index in [0.717, 1.165) is 16.8 Å². The van der Waals surface area contributed by atoms with Gasteiger partial charge < -0.3 is 5.73 Å². The average molecular weight is 259 g/mol. The van der Waals surface area contributed by atoms with E-state index in [1.54, 1.807) is 0 Å². The Balaban J connectivity index is 2.06. The molecule has 2 aromatic rings. The molecule has 2 N–H and O–H groups in total. The van der Waals surface area contributed by atoms with Gasteiger partial charge in [0, 0.05) is 22.2 Å². The molecule has 0 aliphatic carbocycles. The van der Waals surface area contributed by atoms with Gasteiger partial charge in [0.1, 0.15) is 0 Å². The summed E-state index contributed by atoms with van der Waals surface area (Å²) in [6.07, 6.45) is 0. The molecule has 0 aliphatic heterocycles. The average Bonchev–Trinajstić information content (AvgIpc) is 2.35. The maximum atomic E-state index is 12.1. The Morgan fingerprint density at radius 2 is 1.50 bits per heavy atom. The normalized spacial score (nSPS) is 12.3. The number of benzene rings is 2. The van der Waals surface area contributed by atoms with Crippen LogP contribution in [0.1, 0.15) is 16.7 Å².